The Morgan fingerprint density at radius 1 is 1.57 bits per heavy atom. The maximum absolute atomic E-state index is 10.8. The number of hydrogen-bond donors (Lipinski definition) is 0. The fourth-order valence-electron chi connectivity index (χ4n) is 1.39. The molecule has 0 fully saturated rings. The van der Waals surface area contributed by atoms with Crippen LogP contribution in [0.15, 0.2) is 17.5 Å². The monoisotopic (exact) mass is 288 g/mol. The number of alkyl halides is 1. The third-order valence-corrected chi connectivity index (χ3v) is 4.06. The zero-order chi connectivity index (χ0) is 10.1. The van der Waals surface area contributed by atoms with E-state index in [9.17, 15) is 4.79 Å². The van der Waals surface area contributed by atoms with E-state index < -0.39 is 0 Å². The number of halogens is 2. The lowest BCUT2D eigenvalue weighted by molar-refractivity contribution is 0.112. The molecule has 0 saturated carbocycles. The molecule has 2 aromatic rings. The van der Waals surface area contributed by atoms with Crippen LogP contribution in [0.5, 0.6) is 0 Å². The first-order chi connectivity index (χ1) is 6.77. The molecule has 0 saturated heterocycles. The largest absolute Gasteiger partial charge is 0.298 e. The molecule has 0 aliphatic carbocycles. The highest BCUT2D eigenvalue weighted by Gasteiger charge is 2.11. The average molecular weight is 290 g/mol. The van der Waals surface area contributed by atoms with E-state index in [-0.39, 0.29) is 0 Å². The summed E-state index contributed by atoms with van der Waals surface area (Å²) in [7, 11) is 0. The molecule has 0 atom stereocenters. The standard InChI is InChI=1S/C10H6BrClOS/c11-4-8-9(12)7(5-13)3-6-1-2-14-10(6)8/h1-3,5H,4H2. The first-order valence-electron chi connectivity index (χ1n) is 3.97. The van der Waals surface area contributed by atoms with E-state index in [1.54, 1.807) is 11.3 Å². The van der Waals surface area contributed by atoms with Gasteiger partial charge in [0.2, 0.25) is 0 Å². The summed E-state index contributed by atoms with van der Waals surface area (Å²) in [5.41, 5.74) is 1.56. The first-order valence-corrected chi connectivity index (χ1v) is 6.35. The predicted octanol–water partition coefficient (Wildman–Crippen LogP) is 4.26. The number of carbonyl (C=O) groups is 1. The Kier molecular flexibility index (Phi) is 2.91. The van der Waals surface area contributed by atoms with Gasteiger partial charge in [0.25, 0.3) is 0 Å². The summed E-state index contributed by atoms with van der Waals surface area (Å²) in [5, 5.41) is 4.31. The molecule has 0 spiro atoms. The van der Waals surface area contributed by atoms with Gasteiger partial charge in [-0.05, 0) is 28.5 Å². The van der Waals surface area contributed by atoms with E-state index in [2.05, 4.69) is 15.9 Å². The van der Waals surface area contributed by atoms with Crippen LogP contribution in [0.1, 0.15) is 15.9 Å². The van der Waals surface area contributed by atoms with Gasteiger partial charge in [-0.2, -0.15) is 0 Å². The van der Waals surface area contributed by atoms with Crippen LogP contribution in [0.25, 0.3) is 10.1 Å². The number of benzene rings is 1. The SMILES string of the molecule is O=Cc1cc2ccsc2c(CBr)c1Cl. The van der Waals surface area contributed by atoms with Gasteiger partial charge in [-0.25, -0.2) is 0 Å². The molecule has 0 radical (unpaired) electrons. The summed E-state index contributed by atoms with van der Waals surface area (Å²) in [6.07, 6.45) is 0.797. The minimum absolute atomic E-state index is 0.562. The van der Waals surface area contributed by atoms with Crippen LogP contribution in [0.2, 0.25) is 5.02 Å². The zero-order valence-electron chi connectivity index (χ0n) is 7.09. The van der Waals surface area contributed by atoms with Gasteiger partial charge in [0.05, 0.1) is 5.02 Å². The molecule has 0 aliphatic rings. The summed E-state index contributed by atoms with van der Waals surface area (Å²) in [6, 6.07) is 3.82. The third kappa shape index (κ3) is 1.49. The van der Waals surface area contributed by atoms with Gasteiger partial charge in [0.15, 0.2) is 6.29 Å². The highest BCUT2D eigenvalue weighted by molar-refractivity contribution is 9.08. The highest BCUT2D eigenvalue weighted by Crippen LogP contribution is 2.34. The van der Waals surface area contributed by atoms with Crippen molar-refractivity contribution < 1.29 is 4.79 Å². The minimum Gasteiger partial charge on any atom is -0.298 e. The Morgan fingerprint density at radius 2 is 2.36 bits per heavy atom. The number of thiophene rings is 1. The van der Waals surface area contributed by atoms with Gasteiger partial charge >= 0.3 is 0 Å². The first kappa shape index (κ1) is 10.1. The van der Waals surface area contributed by atoms with E-state index >= 15 is 0 Å². The number of aldehydes is 1. The van der Waals surface area contributed by atoms with Crippen molar-refractivity contribution in [3.05, 3.63) is 33.7 Å². The van der Waals surface area contributed by atoms with Gasteiger partial charge in [0.1, 0.15) is 0 Å². The van der Waals surface area contributed by atoms with E-state index in [0.717, 1.165) is 21.9 Å². The molecule has 0 amide bonds. The predicted molar refractivity (Wildman–Crippen MR) is 64.9 cm³/mol. The molecule has 0 N–H and O–H groups in total. The average Bonchev–Trinajstić information content (AvgIpc) is 2.64. The Bertz CT molecular complexity index is 492. The van der Waals surface area contributed by atoms with Crippen LogP contribution < -0.4 is 0 Å². The van der Waals surface area contributed by atoms with Crippen molar-refractivity contribution in [3.63, 3.8) is 0 Å². The van der Waals surface area contributed by atoms with Crippen molar-refractivity contribution in [2.24, 2.45) is 0 Å². The van der Waals surface area contributed by atoms with Crippen molar-refractivity contribution in [3.8, 4) is 0 Å². The summed E-state index contributed by atoms with van der Waals surface area (Å²) in [4.78, 5) is 10.8. The fourth-order valence-corrected chi connectivity index (χ4v) is 3.54. The van der Waals surface area contributed by atoms with Crippen LogP contribution in [-0.2, 0) is 5.33 Å². The number of fused-ring (bicyclic) bond motifs is 1. The maximum Gasteiger partial charge on any atom is 0.151 e. The normalized spacial score (nSPS) is 10.7. The molecule has 1 heterocycles. The summed E-state index contributed by atoms with van der Waals surface area (Å²) >= 11 is 11.1. The van der Waals surface area contributed by atoms with Crippen molar-refractivity contribution in [1.82, 2.24) is 0 Å². The topological polar surface area (TPSA) is 17.1 Å². The fraction of sp³-hybridized carbons (Fsp3) is 0.100. The maximum atomic E-state index is 10.8. The van der Waals surface area contributed by atoms with E-state index in [0.29, 0.717) is 15.9 Å². The third-order valence-electron chi connectivity index (χ3n) is 2.06. The summed E-state index contributed by atoms with van der Waals surface area (Å²) in [5.74, 6) is 0. The van der Waals surface area contributed by atoms with Gasteiger partial charge in [0, 0.05) is 15.6 Å². The zero-order valence-corrected chi connectivity index (χ0v) is 10.2. The van der Waals surface area contributed by atoms with Gasteiger partial charge in [-0.1, -0.05) is 27.5 Å². The summed E-state index contributed by atoms with van der Waals surface area (Å²) < 4.78 is 1.15. The molecule has 72 valence electrons. The molecule has 1 aromatic heterocycles. The molecular formula is C10H6BrClOS. The molecule has 0 aliphatic heterocycles. The molecule has 0 unspecified atom stereocenters. The Hall–Kier alpha value is -0.380. The van der Waals surface area contributed by atoms with Gasteiger partial charge < -0.3 is 0 Å². The van der Waals surface area contributed by atoms with E-state index in [4.69, 9.17) is 11.6 Å². The number of rotatable bonds is 2. The lowest BCUT2D eigenvalue weighted by Crippen LogP contribution is -1.88. The lowest BCUT2D eigenvalue weighted by atomic mass is 10.1. The highest BCUT2D eigenvalue weighted by atomic mass is 79.9. The van der Waals surface area contributed by atoms with E-state index in [1.807, 2.05) is 17.5 Å². The second-order valence-electron chi connectivity index (χ2n) is 2.85. The molecule has 1 nitrogen and oxygen atoms in total. The van der Waals surface area contributed by atoms with Crippen LogP contribution in [0.3, 0.4) is 0 Å². The molecule has 14 heavy (non-hydrogen) atoms. The smallest absolute Gasteiger partial charge is 0.151 e. The number of carbonyl (C=O) groups excluding carboxylic acids is 1. The van der Waals surface area contributed by atoms with E-state index in [1.165, 1.54) is 0 Å². The second-order valence-corrected chi connectivity index (χ2v) is 4.70. The molecule has 2 rings (SSSR count). The van der Waals surface area contributed by atoms with Crippen LogP contribution >= 0.6 is 38.9 Å². The Morgan fingerprint density at radius 3 is 3.00 bits per heavy atom. The van der Waals surface area contributed by atoms with Crippen LogP contribution in [0.4, 0.5) is 0 Å². The van der Waals surface area contributed by atoms with Gasteiger partial charge in [-0.15, -0.1) is 11.3 Å². The molecular weight excluding hydrogens is 284 g/mol. The molecule has 1 aromatic carbocycles. The Balaban J connectivity index is 2.87. The molecule has 0 bridgehead atoms. The van der Waals surface area contributed by atoms with Crippen molar-refractivity contribution >= 4 is 55.2 Å². The quantitative estimate of drug-likeness (QED) is 0.596. The lowest BCUT2D eigenvalue weighted by Gasteiger charge is -2.04. The van der Waals surface area contributed by atoms with Crippen LogP contribution in [0, 0.1) is 0 Å². The summed E-state index contributed by atoms with van der Waals surface area (Å²) in [6.45, 7) is 0. The number of hydrogen-bond acceptors (Lipinski definition) is 2. The van der Waals surface area contributed by atoms with Gasteiger partial charge in [-0.3, -0.25) is 4.79 Å². The second kappa shape index (κ2) is 4.01. The van der Waals surface area contributed by atoms with Crippen LogP contribution in [-0.4, -0.2) is 6.29 Å². The molecule has 4 heteroatoms. The Labute approximate surface area is 98.8 Å². The minimum atomic E-state index is 0.562. The van der Waals surface area contributed by atoms with Crippen molar-refractivity contribution in [2.75, 3.05) is 0 Å². The van der Waals surface area contributed by atoms with Crippen molar-refractivity contribution in [2.45, 2.75) is 5.33 Å². The van der Waals surface area contributed by atoms with Crippen molar-refractivity contribution in [1.29, 1.82) is 0 Å².